The van der Waals surface area contributed by atoms with Gasteiger partial charge in [-0.3, -0.25) is 15.1 Å². The Morgan fingerprint density at radius 2 is 1.77 bits per heavy atom. The van der Waals surface area contributed by atoms with Crippen LogP contribution in [0.1, 0.15) is 5.56 Å². The number of hydrogen-bond donors (Lipinski definition) is 1. The third-order valence-electron chi connectivity index (χ3n) is 3.75. The van der Waals surface area contributed by atoms with E-state index in [2.05, 4.69) is 32.3 Å². The molecular formula is C18H14N4. The van der Waals surface area contributed by atoms with Crippen molar-refractivity contribution in [1.82, 2.24) is 20.2 Å². The molecule has 0 fully saturated rings. The maximum atomic E-state index is 4.50. The zero-order valence-corrected chi connectivity index (χ0v) is 12.1. The lowest BCUT2D eigenvalue weighted by Crippen LogP contribution is -1.89. The highest BCUT2D eigenvalue weighted by molar-refractivity contribution is 5.97. The van der Waals surface area contributed by atoms with Gasteiger partial charge in [0, 0.05) is 23.3 Å². The molecule has 0 amide bonds. The van der Waals surface area contributed by atoms with Crippen LogP contribution in [0, 0.1) is 6.92 Å². The summed E-state index contributed by atoms with van der Waals surface area (Å²) >= 11 is 0. The molecule has 0 spiro atoms. The molecule has 1 N–H and O–H groups in total. The highest BCUT2D eigenvalue weighted by Crippen LogP contribution is 2.33. The zero-order valence-electron chi connectivity index (χ0n) is 12.1. The second-order valence-electron chi connectivity index (χ2n) is 5.26. The van der Waals surface area contributed by atoms with E-state index in [0.717, 1.165) is 39.0 Å². The standard InChI is InChI=1S/C18H14N4/c1-12-6-7-17(20-10-12)18-15(11-21-22-18)13-8-9-19-16-5-3-2-4-14(13)16/h2-11H,1H3,(H,21,22). The molecule has 0 unspecified atom stereocenters. The summed E-state index contributed by atoms with van der Waals surface area (Å²) in [4.78, 5) is 8.92. The molecule has 0 saturated carbocycles. The van der Waals surface area contributed by atoms with E-state index in [1.165, 1.54) is 0 Å². The van der Waals surface area contributed by atoms with Crippen molar-refractivity contribution in [3.63, 3.8) is 0 Å². The van der Waals surface area contributed by atoms with Crippen molar-refractivity contribution in [2.24, 2.45) is 0 Å². The number of pyridine rings is 2. The Morgan fingerprint density at radius 3 is 2.64 bits per heavy atom. The summed E-state index contributed by atoms with van der Waals surface area (Å²) in [7, 11) is 0. The van der Waals surface area contributed by atoms with Gasteiger partial charge in [0.05, 0.1) is 23.1 Å². The topological polar surface area (TPSA) is 54.5 Å². The minimum absolute atomic E-state index is 0.888. The Morgan fingerprint density at radius 1 is 0.864 bits per heavy atom. The molecule has 4 heteroatoms. The number of H-pyrrole nitrogens is 1. The molecule has 0 aliphatic rings. The van der Waals surface area contributed by atoms with Gasteiger partial charge in [-0.25, -0.2) is 0 Å². The van der Waals surface area contributed by atoms with Crippen LogP contribution in [0.5, 0.6) is 0 Å². The molecule has 0 bridgehead atoms. The van der Waals surface area contributed by atoms with Crippen LogP contribution in [0.25, 0.3) is 33.4 Å². The van der Waals surface area contributed by atoms with E-state index in [9.17, 15) is 0 Å². The number of nitrogens with zero attached hydrogens (tertiary/aromatic N) is 3. The lowest BCUT2D eigenvalue weighted by atomic mass is 10.0. The van der Waals surface area contributed by atoms with E-state index < -0.39 is 0 Å². The number of hydrogen-bond acceptors (Lipinski definition) is 3. The summed E-state index contributed by atoms with van der Waals surface area (Å²) in [6, 6.07) is 14.2. The summed E-state index contributed by atoms with van der Waals surface area (Å²) < 4.78 is 0. The molecule has 3 heterocycles. The van der Waals surface area contributed by atoms with Crippen molar-refractivity contribution in [3.05, 3.63) is 66.6 Å². The SMILES string of the molecule is Cc1ccc(-c2[nH]ncc2-c2ccnc3ccccc23)nc1. The van der Waals surface area contributed by atoms with Crippen LogP contribution in [0.3, 0.4) is 0 Å². The summed E-state index contributed by atoms with van der Waals surface area (Å²) in [5.41, 5.74) is 6.07. The number of nitrogens with one attached hydrogen (secondary N) is 1. The van der Waals surface area contributed by atoms with E-state index in [4.69, 9.17) is 0 Å². The van der Waals surface area contributed by atoms with Crippen LogP contribution in [0.4, 0.5) is 0 Å². The predicted molar refractivity (Wildman–Crippen MR) is 87.3 cm³/mol. The molecule has 22 heavy (non-hydrogen) atoms. The van der Waals surface area contributed by atoms with Gasteiger partial charge in [0.1, 0.15) is 0 Å². The molecule has 0 atom stereocenters. The van der Waals surface area contributed by atoms with E-state index in [1.807, 2.05) is 55.8 Å². The minimum atomic E-state index is 0.888. The number of aromatic amines is 1. The first-order valence-electron chi connectivity index (χ1n) is 7.13. The van der Waals surface area contributed by atoms with Crippen molar-refractivity contribution in [3.8, 4) is 22.5 Å². The molecule has 3 aromatic heterocycles. The number of benzene rings is 1. The average Bonchev–Trinajstić information content (AvgIpc) is 3.04. The number of rotatable bonds is 2. The van der Waals surface area contributed by atoms with Crippen molar-refractivity contribution < 1.29 is 0 Å². The van der Waals surface area contributed by atoms with Gasteiger partial charge in [0.15, 0.2) is 0 Å². The first-order chi connectivity index (χ1) is 10.8. The quantitative estimate of drug-likeness (QED) is 0.606. The Labute approximate surface area is 127 Å². The number of para-hydroxylation sites is 1. The Kier molecular flexibility index (Phi) is 2.93. The number of fused-ring (bicyclic) bond motifs is 1. The highest BCUT2D eigenvalue weighted by atomic mass is 15.1. The summed E-state index contributed by atoms with van der Waals surface area (Å²) in [5, 5.41) is 8.40. The van der Waals surface area contributed by atoms with Gasteiger partial charge in [-0.1, -0.05) is 24.3 Å². The van der Waals surface area contributed by atoms with Crippen molar-refractivity contribution in [2.45, 2.75) is 6.92 Å². The fraction of sp³-hybridized carbons (Fsp3) is 0.0556. The van der Waals surface area contributed by atoms with Gasteiger partial charge in [0.25, 0.3) is 0 Å². The third-order valence-corrected chi connectivity index (χ3v) is 3.75. The van der Waals surface area contributed by atoms with Gasteiger partial charge >= 0.3 is 0 Å². The molecule has 4 rings (SSSR count). The molecule has 106 valence electrons. The lowest BCUT2D eigenvalue weighted by molar-refractivity contribution is 1.08. The van der Waals surface area contributed by atoms with Crippen molar-refractivity contribution >= 4 is 10.9 Å². The normalized spacial score (nSPS) is 11.0. The van der Waals surface area contributed by atoms with Crippen LogP contribution < -0.4 is 0 Å². The number of aromatic nitrogens is 4. The summed E-state index contributed by atoms with van der Waals surface area (Å²) in [6.07, 6.45) is 5.54. The van der Waals surface area contributed by atoms with Crippen molar-refractivity contribution in [2.75, 3.05) is 0 Å². The van der Waals surface area contributed by atoms with Crippen LogP contribution in [0.15, 0.2) is 61.1 Å². The van der Waals surface area contributed by atoms with Crippen LogP contribution in [0.2, 0.25) is 0 Å². The molecule has 4 aromatic rings. The number of aryl methyl sites for hydroxylation is 1. The predicted octanol–water partition coefficient (Wildman–Crippen LogP) is 4.00. The maximum Gasteiger partial charge on any atom is 0.0913 e. The molecule has 0 radical (unpaired) electrons. The van der Waals surface area contributed by atoms with Crippen LogP contribution >= 0.6 is 0 Å². The van der Waals surface area contributed by atoms with Crippen LogP contribution in [-0.4, -0.2) is 20.2 Å². The second-order valence-corrected chi connectivity index (χ2v) is 5.26. The highest BCUT2D eigenvalue weighted by Gasteiger charge is 2.13. The van der Waals surface area contributed by atoms with E-state index in [1.54, 1.807) is 0 Å². The Balaban J connectivity index is 1.94. The molecular weight excluding hydrogens is 272 g/mol. The lowest BCUT2D eigenvalue weighted by Gasteiger charge is -2.07. The van der Waals surface area contributed by atoms with Crippen LogP contribution in [-0.2, 0) is 0 Å². The van der Waals surface area contributed by atoms with Gasteiger partial charge in [-0.05, 0) is 36.2 Å². The zero-order chi connectivity index (χ0) is 14.9. The van der Waals surface area contributed by atoms with E-state index in [-0.39, 0.29) is 0 Å². The van der Waals surface area contributed by atoms with Gasteiger partial charge < -0.3 is 0 Å². The van der Waals surface area contributed by atoms with Gasteiger partial charge in [-0.2, -0.15) is 5.10 Å². The molecule has 0 saturated heterocycles. The van der Waals surface area contributed by atoms with Gasteiger partial charge in [0.2, 0.25) is 0 Å². The molecule has 1 aromatic carbocycles. The maximum absolute atomic E-state index is 4.50. The fourth-order valence-corrected chi connectivity index (χ4v) is 2.63. The molecule has 4 nitrogen and oxygen atoms in total. The summed E-state index contributed by atoms with van der Waals surface area (Å²) in [5.74, 6) is 0. The van der Waals surface area contributed by atoms with E-state index in [0.29, 0.717) is 0 Å². The molecule has 0 aliphatic carbocycles. The first kappa shape index (κ1) is 12.7. The third kappa shape index (κ3) is 2.05. The second kappa shape index (κ2) is 5.07. The smallest absolute Gasteiger partial charge is 0.0913 e. The van der Waals surface area contributed by atoms with Gasteiger partial charge in [-0.15, -0.1) is 0 Å². The average molecular weight is 286 g/mol. The minimum Gasteiger partial charge on any atom is -0.276 e. The Hall–Kier alpha value is -3.01. The van der Waals surface area contributed by atoms with Crippen molar-refractivity contribution in [1.29, 1.82) is 0 Å². The molecule has 0 aliphatic heterocycles. The fourth-order valence-electron chi connectivity index (χ4n) is 2.63. The largest absolute Gasteiger partial charge is 0.276 e. The Bertz CT molecular complexity index is 933. The van der Waals surface area contributed by atoms with E-state index >= 15 is 0 Å². The summed E-state index contributed by atoms with van der Waals surface area (Å²) in [6.45, 7) is 2.03. The monoisotopic (exact) mass is 286 g/mol. The first-order valence-corrected chi connectivity index (χ1v) is 7.13.